The molecule has 2 unspecified atom stereocenters. The average Bonchev–Trinajstić information content (AvgIpc) is 3.01. The summed E-state index contributed by atoms with van der Waals surface area (Å²) in [5.41, 5.74) is 0. The minimum absolute atomic E-state index is 0.0640. The van der Waals surface area contributed by atoms with Crippen LogP contribution in [0.2, 0.25) is 0 Å². The maximum atomic E-state index is 11.6. The van der Waals surface area contributed by atoms with Crippen molar-refractivity contribution in [2.24, 2.45) is 0 Å². The molecule has 1 N–H and O–H groups in total. The summed E-state index contributed by atoms with van der Waals surface area (Å²) in [6.07, 6.45) is -0.755. The Morgan fingerprint density at radius 1 is 1.53 bits per heavy atom. The molecule has 1 rings (SSSR count). The Morgan fingerprint density at radius 2 is 2.13 bits per heavy atom. The highest BCUT2D eigenvalue weighted by atomic mass is 31.2. The molecule has 7 heteroatoms. The minimum Gasteiger partial charge on any atom is -0.390 e. The quantitative estimate of drug-likeness (QED) is 0.484. The van der Waals surface area contributed by atoms with E-state index in [1.165, 1.54) is 14.2 Å². The topological polar surface area (TPSA) is 77.5 Å². The smallest absolute Gasteiger partial charge is 0.332 e. The first-order chi connectivity index (χ1) is 7.09. The third-order valence-corrected chi connectivity index (χ3v) is 3.99. The van der Waals surface area contributed by atoms with Gasteiger partial charge in [-0.1, -0.05) is 0 Å². The highest BCUT2D eigenvalue weighted by Crippen LogP contribution is 2.46. The summed E-state index contributed by atoms with van der Waals surface area (Å²) >= 11 is 0. The van der Waals surface area contributed by atoms with E-state index in [-0.39, 0.29) is 18.9 Å². The van der Waals surface area contributed by atoms with Crippen LogP contribution >= 0.6 is 7.60 Å². The second-order valence-electron chi connectivity index (χ2n) is 3.31. The zero-order chi connectivity index (χ0) is 11.3. The number of aliphatic hydroxyl groups is 1. The molecule has 15 heavy (non-hydrogen) atoms. The molecule has 6 nitrogen and oxygen atoms in total. The van der Waals surface area contributed by atoms with Crippen molar-refractivity contribution in [2.75, 3.05) is 40.2 Å². The van der Waals surface area contributed by atoms with Gasteiger partial charge in [0.1, 0.15) is 6.10 Å². The van der Waals surface area contributed by atoms with Gasteiger partial charge in [-0.15, -0.1) is 0 Å². The molecule has 0 aromatic carbocycles. The van der Waals surface area contributed by atoms with Crippen LogP contribution in [0.3, 0.4) is 0 Å². The first-order valence-electron chi connectivity index (χ1n) is 4.67. The Balaban J connectivity index is 2.14. The van der Waals surface area contributed by atoms with Gasteiger partial charge in [0, 0.05) is 14.2 Å². The number of ether oxygens (including phenoxy) is 2. The lowest BCUT2D eigenvalue weighted by Crippen LogP contribution is -2.22. The zero-order valence-corrected chi connectivity index (χ0v) is 9.81. The largest absolute Gasteiger partial charge is 0.390 e. The zero-order valence-electron chi connectivity index (χ0n) is 8.92. The van der Waals surface area contributed by atoms with Gasteiger partial charge in [-0.3, -0.25) is 4.57 Å². The molecular formula is C8H17O6P. The third-order valence-electron chi connectivity index (χ3n) is 2.01. The molecule has 0 bridgehead atoms. The van der Waals surface area contributed by atoms with Gasteiger partial charge in [0.05, 0.1) is 32.1 Å². The van der Waals surface area contributed by atoms with Crippen molar-refractivity contribution in [2.45, 2.75) is 12.2 Å². The van der Waals surface area contributed by atoms with Crippen LogP contribution in [0.15, 0.2) is 0 Å². The molecular weight excluding hydrogens is 223 g/mol. The minimum atomic E-state index is -3.15. The Kier molecular flexibility index (Phi) is 5.18. The van der Waals surface area contributed by atoms with E-state index in [1.54, 1.807) is 0 Å². The molecule has 0 aromatic heterocycles. The number of epoxide rings is 1. The van der Waals surface area contributed by atoms with Crippen LogP contribution in [0.5, 0.6) is 0 Å². The fourth-order valence-electron chi connectivity index (χ4n) is 1.03. The van der Waals surface area contributed by atoms with Crippen molar-refractivity contribution in [1.29, 1.82) is 0 Å². The van der Waals surface area contributed by atoms with E-state index in [9.17, 15) is 9.67 Å². The fraction of sp³-hybridized carbons (Fsp3) is 1.00. The number of hydrogen-bond acceptors (Lipinski definition) is 6. The maximum absolute atomic E-state index is 11.6. The summed E-state index contributed by atoms with van der Waals surface area (Å²) in [6.45, 7) is 1.28. The molecule has 1 fully saturated rings. The Bertz CT molecular complexity index is 221. The summed E-state index contributed by atoms with van der Waals surface area (Å²) in [4.78, 5) is 0. The van der Waals surface area contributed by atoms with Crippen LogP contribution < -0.4 is 0 Å². The van der Waals surface area contributed by atoms with Crippen LogP contribution in [0.1, 0.15) is 0 Å². The van der Waals surface area contributed by atoms with Gasteiger partial charge >= 0.3 is 7.60 Å². The van der Waals surface area contributed by atoms with Crippen LogP contribution in [0, 0.1) is 0 Å². The molecule has 1 heterocycles. The summed E-state index contributed by atoms with van der Waals surface area (Å²) < 4.78 is 31.0. The molecule has 1 saturated heterocycles. The van der Waals surface area contributed by atoms with Gasteiger partial charge in [0.25, 0.3) is 0 Å². The lowest BCUT2D eigenvalue weighted by atomic mass is 10.4. The van der Waals surface area contributed by atoms with E-state index in [4.69, 9.17) is 18.5 Å². The summed E-state index contributed by atoms with van der Waals surface area (Å²) in [5, 5.41) is 9.48. The van der Waals surface area contributed by atoms with Crippen molar-refractivity contribution in [3.63, 3.8) is 0 Å². The van der Waals surface area contributed by atoms with E-state index in [2.05, 4.69) is 0 Å². The molecule has 90 valence electrons. The van der Waals surface area contributed by atoms with Crippen LogP contribution in [0.25, 0.3) is 0 Å². The van der Waals surface area contributed by atoms with Crippen LogP contribution in [0.4, 0.5) is 0 Å². The summed E-state index contributed by atoms with van der Waals surface area (Å²) in [7, 11) is -0.572. The second-order valence-corrected chi connectivity index (χ2v) is 5.62. The van der Waals surface area contributed by atoms with Crippen molar-refractivity contribution < 1.29 is 28.2 Å². The van der Waals surface area contributed by atoms with Crippen LogP contribution in [-0.4, -0.2) is 57.5 Å². The van der Waals surface area contributed by atoms with Crippen molar-refractivity contribution in [3.05, 3.63) is 0 Å². The van der Waals surface area contributed by atoms with E-state index in [0.717, 1.165) is 0 Å². The Morgan fingerprint density at radius 3 is 2.60 bits per heavy atom. The molecule has 0 saturated carbocycles. The molecule has 0 amide bonds. The van der Waals surface area contributed by atoms with E-state index >= 15 is 0 Å². The first-order valence-corrected chi connectivity index (χ1v) is 6.40. The normalized spacial score (nSPS) is 22.7. The van der Waals surface area contributed by atoms with Gasteiger partial charge in [-0.05, 0) is 0 Å². The second kappa shape index (κ2) is 5.94. The van der Waals surface area contributed by atoms with Crippen molar-refractivity contribution in [3.8, 4) is 0 Å². The van der Waals surface area contributed by atoms with Crippen molar-refractivity contribution in [1.82, 2.24) is 0 Å². The van der Waals surface area contributed by atoms with E-state index in [1.807, 2.05) is 0 Å². The number of rotatable bonds is 8. The number of aliphatic hydroxyl groups excluding tert-OH is 1. The van der Waals surface area contributed by atoms with Gasteiger partial charge in [0.15, 0.2) is 0 Å². The molecule has 0 aliphatic carbocycles. The lowest BCUT2D eigenvalue weighted by Gasteiger charge is -2.17. The standard InChI is InChI=1S/C8H17O6P/c1-11-15(10,12-2)6-7(9)3-13-4-8-5-14-8/h7-9H,3-6H2,1-2H3. The van der Waals surface area contributed by atoms with Gasteiger partial charge in [-0.25, -0.2) is 0 Å². The Hall–Kier alpha value is 0.0300. The fourth-order valence-corrected chi connectivity index (χ4v) is 2.10. The van der Waals surface area contributed by atoms with Gasteiger partial charge in [-0.2, -0.15) is 0 Å². The van der Waals surface area contributed by atoms with Gasteiger partial charge < -0.3 is 23.6 Å². The SMILES string of the molecule is COP(=O)(CC(O)COCC1CO1)OC. The summed E-state index contributed by atoms with van der Waals surface area (Å²) in [5.74, 6) is 0. The van der Waals surface area contributed by atoms with Crippen molar-refractivity contribution >= 4 is 7.60 Å². The molecule has 2 atom stereocenters. The van der Waals surface area contributed by atoms with E-state index < -0.39 is 13.7 Å². The number of hydrogen-bond donors (Lipinski definition) is 1. The summed E-state index contributed by atoms with van der Waals surface area (Å²) in [6, 6.07) is 0. The van der Waals surface area contributed by atoms with E-state index in [0.29, 0.717) is 13.2 Å². The molecule has 0 spiro atoms. The monoisotopic (exact) mass is 240 g/mol. The predicted octanol–water partition coefficient (Wildman–Crippen LogP) is 0.249. The lowest BCUT2D eigenvalue weighted by molar-refractivity contribution is 0.0379. The molecule has 1 aliphatic heterocycles. The Labute approximate surface area is 89.0 Å². The molecule has 0 radical (unpaired) electrons. The first kappa shape index (κ1) is 13.1. The highest BCUT2D eigenvalue weighted by Gasteiger charge is 2.27. The maximum Gasteiger partial charge on any atom is 0.332 e. The predicted molar refractivity (Wildman–Crippen MR) is 53.1 cm³/mol. The molecule has 0 aromatic rings. The molecule has 1 aliphatic rings. The average molecular weight is 240 g/mol. The van der Waals surface area contributed by atoms with Crippen LogP contribution in [-0.2, 0) is 23.1 Å². The van der Waals surface area contributed by atoms with Gasteiger partial charge in [0.2, 0.25) is 0 Å². The highest BCUT2D eigenvalue weighted by molar-refractivity contribution is 7.53. The third kappa shape index (κ3) is 5.06.